The summed E-state index contributed by atoms with van der Waals surface area (Å²) >= 11 is 0. The molecular formula is C31H35F3N4O4S. The number of ketones is 1. The van der Waals surface area contributed by atoms with Gasteiger partial charge >= 0.3 is 5.97 Å². The number of hydrogen-bond acceptors (Lipinski definition) is 8. The molecule has 2 aliphatic heterocycles. The number of esters is 1. The molecular weight excluding hydrogens is 581 g/mol. The van der Waals surface area contributed by atoms with E-state index < -0.39 is 73.7 Å². The zero-order chi connectivity index (χ0) is 32.0. The average molecular weight is 617 g/mol. The number of carbonyl (C=O) groups is 2. The van der Waals surface area contributed by atoms with Gasteiger partial charge in [0.2, 0.25) is 0 Å². The Bertz CT molecular complexity index is 1680. The number of Topliss-reactive ketones (excluding diaryl/α,β-unsaturated/α-hetero) is 1. The lowest BCUT2D eigenvalue weighted by atomic mass is 9.87. The van der Waals surface area contributed by atoms with Gasteiger partial charge in [-0.25, -0.2) is 21.7 Å². The standard InChI is InChI=1S/C31H35F3N4O4S/c1-8-9-19-10-13-22(35-17-19)23(39)14-20-11-12-21(32)27(37-20)30(7)25-16-31(33,34)18-36-43(25,41)29(5,6)24(38-30)15-26(40)42-28(2,3)4/h10-13,17,25H,14-16,18H2,1-7H3/t25-,30+,43-/m1/s1. The van der Waals surface area contributed by atoms with E-state index in [1.807, 2.05) is 0 Å². The van der Waals surface area contributed by atoms with Crippen LogP contribution in [0.4, 0.5) is 13.2 Å². The van der Waals surface area contributed by atoms with Crippen LogP contribution in [-0.2, 0) is 31.2 Å². The van der Waals surface area contributed by atoms with E-state index in [4.69, 9.17) is 9.73 Å². The summed E-state index contributed by atoms with van der Waals surface area (Å²) in [7, 11) is -3.57. The maximum absolute atomic E-state index is 15.6. The lowest BCUT2D eigenvalue weighted by Gasteiger charge is -2.49. The minimum atomic E-state index is -3.57. The Balaban J connectivity index is 1.82. The van der Waals surface area contributed by atoms with Crippen LogP contribution in [0.25, 0.3) is 0 Å². The van der Waals surface area contributed by atoms with Crippen LogP contribution < -0.4 is 0 Å². The summed E-state index contributed by atoms with van der Waals surface area (Å²) in [4.78, 5) is 39.1. The maximum Gasteiger partial charge on any atom is 0.312 e. The van der Waals surface area contributed by atoms with Crippen molar-refractivity contribution in [3.63, 3.8) is 0 Å². The highest BCUT2D eigenvalue weighted by Gasteiger charge is 2.61. The zero-order valence-electron chi connectivity index (χ0n) is 25.3. The molecule has 43 heavy (non-hydrogen) atoms. The summed E-state index contributed by atoms with van der Waals surface area (Å²) < 4.78 is 68.1. The molecule has 3 atom stereocenters. The predicted molar refractivity (Wildman–Crippen MR) is 157 cm³/mol. The highest BCUT2D eigenvalue weighted by atomic mass is 32.2. The van der Waals surface area contributed by atoms with Crippen LogP contribution in [0.1, 0.15) is 88.7 Å². The molecule has 0 radical (unpaired) electrons. The van der Waals surface area contributed by atoms with Crippen molar-refractivity contribution in [1.82, 2.24) is 9.97 Å². The van der Waals surface area contributed by atoms with Crippen molar-refractivity contribution >= 4 is 27.2 Å². The predicted octanol–water partition coefficient (Wildman–Crippen LogP) is 5.47. The van der Waals surface area contributed by atoms with Crippen molar-refractivity contribution in [1.29, 1.82) is 0 Å². The van der Waals surface area contributed by atoms with Gasteiger partial charge in [-0.05, 0) is 72.7 Å². The van der Waals surface area contributed by atoms with E-state index in [2.05, 4.69) is 26.2 Å². The van der Waals surface area contributed by atoms with Gasteiger partial charge in [-0.2, -0.15) is 0 Å². The maximum atomic E-state index is 15.6. The van der Waals surface area contributed by atoms with Gasteiger partial charge in [0, 0.05) is 29.6 Å². The van der Waals surface area contributed by atoms with E-state index in [-0.39, 0.29) is 29.2 Å². The number of halogens is 3. The normalized spacial score (nSPS) is 25.7. The third-order valence-electron chi connectivity index (χ3n) is 7.55. The highest BCUT2D eigenvalue weighted by Crippen LogP contribution is 2.50. The summed E-state index contributed by atoms with van der Waals surface area (Å²) in [5.74, 6) is 0.311. The fraction of sp³-hybridized carbons (Fsp3) is 0.516. The molecule has 0 saturated carbocycles. The molecule has 0 aromatic carbocycles. The number of rotatable bonds is 6. The molecule has 0 aliphatic carbocycles. The molecule has 4 heterocycles. The number of pyridine rings is 2. The number of fused-ring (bicyclic) bond motifs is 1. The number of alkyl halides is 2. The van der Waals surface area contributed by atoms with Crippen molar-refractivity contribution in [2.24, 2.45) is 9.36 Å². The SMILES string of the molecule is CC#Cc1ccc(C(=O)Cc2ccc(F)c([C@@]3(C)N=C(CC(=O)OC(C)(C)C)C(C)(C)[S@@]4(=O)=NCC(F)(F)C[C@H]34)n2)nc1. The van der Waals surface area contributed by atoms with E-state index >= 15 is 4.39 Å². The Morgan fingerprint density at radius 1 is 1.12 bits per heavy atom. The molecule has 4 rings (SSSR count). The summed E-state index contributed by atoms with van der Waals surface area (Å²) in [6.45, 7) is 10.2. The molecule has 2 aromatic rings. The molecule has 0 fully saturated rings. The summed E-state index contributed by atoms with van der Waals surface area (Å²) in [5.41, 5.74) is -2.09. The number of aliphatic imine (C=N–C) groups is 1. The van der Waals surface area contributed by atoms with Crippen LogP contribution in [0.15, 0.2) is 39.8 Å². The van der Waals surface area contributed by atoms with Crippen molar-refractivity contribution in [3.8, 4) is 11.8 Å². The summed E-state index contributed by atoms with van der Waals surface area (Å²) in [6.07, 6.45) is -0.0862. The zero-order valence-corrected chi connectivity index (χ0v) is 26.1. The number of carbonyl (C=O) groups excluding carboxylic acids is 2. The number of aromatic nitrogens is 2. The van der Waals surface area contributed by atoms with Gasteiger partial charge in [0.25, 0.3) is 5.92 Å². The van der Waals surface area contributed by atoms with Gasteiger partial charge in [0.1, 0.15) is 34.9 Å². The molecule has 0 spiro atoms. The van der Waals surface area contributed by atoms with Crippen LogP contribution in [0.2, 0.25) is 0 Å². The lowest BCUT2D eigenvalue weighted by molar-refractivity contribution is -0.153. The first kappa shape index (κ1) is 32.3. The smallest absolute Gasteiger partial charge is 0.312 e. The molecule has 230 valence electrons. The Morgan fingerprint density at radius 2 is 1.81 bits per heavy atom. The molecule has 0 saturated heterocycles. The third kappa shape index (κ3) is 6.37. The van der Waals surface area contributed by atoms with Crippen LogP contribution in [-0.4, -0.2) is 59.7 Å². The quantitative estimate of drug-likeness (QED) is 0.242. The number of hydrogen-bond donors (Lipinski definition) is 0. The largest absolute Gasteiger partial charge is 0.460 e. The molecule has 12 heteroatoms. The van der Waals surface area contributed by atoms with E-state index in [1.165, 1.54) is 25.3 Å². The lowest BCUT2D eigenvalue weighted by Crippen LogP contribution is -2.61. The van der Waals surface area contributed by atoms with E-state index in [0.717, 1.165) is 6.07 Å². The van der Waals surface area contributed by atoms with Crippen molar-refractivity contribution in [2.45, 2.75) is 94.8 Å². The Labute approximate surface area is 250 Å². The van der Waals surface area contributed by atoms with Crippen LogP contribution >= 0.6 is 0 Å². The molecule has 8 nitrogen and oxygen atoms in total. The fourth-order valence-electron chi connectivity index (χ4n) is 5.35. The Hall–Kier alpha value is -3.59. The third-order valence-corrected chi connectivity index (χ3v) is 11.2. The second-order valence-corrected chi connectivity index (χ2v) is 15.4. The second-order valence-electron chi connectivity index (χ2n) is 12.4. The monoisotopic (exact) mass is 616 g/mol. The van der Waals surface area contributed by atoms with Crippen LogP contribution in [0.3, 0.4) is 0 Å². The average Bonchev–Trinajstić information content (AvgIpc) is 2.89. The van der Waals surface area contributed by atoms with Gasteiger partial charge in [-0.15, -0.1) is 5.92 Å². The van der Waals surface area contributed by atoms with E-state index in [9.17, 15) is 22.6 Å². The van der Waals surface area contributed by atoms with Crippen LogP contribution in [0, 0.1) is 17.7 Å². The molecule has 0 amide bonds. The first-order chi connectivity index (χ1) is 19.8. The Morgan fingerprint density at radius 3 is 2.42 bits per heavy atom. The van der Waals surface area contributed by atoms with Gasteiger partial charge in [0.15, 0.2) is 5.78 Å². The van der Waals surface area contributed by atoms with Gasteiger partial charge in [-0.1, -0.05) is 5.92 Å². The van der Waals surface area contributed by atoms with Gasteiger partial charge in [0.05, 0.1) is 32.6 Å². The Kier molecular flexibility index (Phi) is 8.39. The molecule has 0 unspecified atom stereocenters. The first-order valence-electron chi connectivity index (χ1n) is 13.8. The minimum Gasteiger partial charge on any atom is -0.460 e. The van der Waals surface area contributed by atoms with Crippen molar-refractivity contribution in [3.05, 3.63) is 58.9 Å². The van der Waals surface area contributed by atoms with Gasteiger partial charge in [-0.3, -0.25) is 24.5 Å². The second kappa shape index (κ2) is 11.2. The number of nitrogens with zero attached hydrogens (tertiary/aromatic N) is 4. The molecule has 0 bridgehead atoms. The number of ether oxygens (including phenoxy) is 1. The molecule has 2 aromatic heterocycles. The topological polar surface area (TPSA) is 111 Å². The van der Waals surface area contributed by atoms with Crippen LogP contribution in [0.5, 0.6) is 0 Å². The van der Waals surface area contributed by atoms with E-state index in [0.29, 0.717) is 5.56 Å². The highest BCUT2D eigenvalue weighted by molar-refractivity contribution is 7.96. The summed E-state index contributed by atoms with van der Waals surface area (Å²) in [5, 5.41) is -1.44. The van der Waals surface area contributed by atoms with Crippen molar-refractivity contribution < 1.29 is 31.7 Å². The molecule has 0 N–H and O–H groups in total. The first-order valence-corrected chi connectivity index (χ1v) is 15.4. The van der Waals surface area contributed by atoms with Gasteiger partial charge < -0.3 is 4.74 Å². The molecule has 2 aliphatic rings. The minimum absolute atomic E-state index is 0.0848. The van der Waals surface area contributed by atoms with Crippen molar-refractivity contribution in [2.75, 3.05) is 6.54 Å². The fourth-order valence-corrected chi connectivity index (χ4v) is 8.66. The van der Waals surface area contributed by atoms with E-state index in [1.54, 1.807) is 47.6 Å². The summed E-state index contributed by atoms with van der Waals surface area (Å²) in [6, 6.07) is 5.55.